The molecule has 0 radical (unpaired) electrons. The smallest absolute Gasteiger partial charge is 0.261 e. The number of para-hydroxylation sites is 1. The highest BCUT2D eigenvalue weighted by Gasteiger charge is 2.27. The second-order valence-electron chi connectivity index (χ2n) is 8.57. The lowest BCUT2D eigenvalue weighted by atomic mass is 9.81. The molecular formula is C21H28N2O3S. The Labute approximate surface area is 162 Å². The number of anilines is 1. The van der Waals surface area contributed by atoms with Gasteiger partial charge in [-0.3, -0.25) is 9.52 Å². The number of benzene rings is 2. The van der Waals surface area contributed by atoms with Crippen molar-refractivity contribution in [3.8, 4) is 0 Å². The standard InChI is InChI=1S/C21H28N2O3S/c1-20(2,3)15-21(4,5)22-19(24)16-11-13-18(14-12-16)27(25,26)23-17-9-7-6-8-10-17/h6-14,23H,15H2,1-5H3,(H,22,24). The van der Waals surface area contributed by atoms with Crippen molar-refractivity contribution in [2.45, 2.75) is 51.5 Å². The summed E-state index contributed by atoms with van der Waals surface area (Å²) in [4.78, 5) is 12.6. The van der Waals surface area contributed by atoms with Gasteiger partial charge in [-0.25, -0.2) is 8.42 Å². The fourth-order valence-corrected chi connectivity index (χ4v) is 4.31. The van der Waals surface area contributed by atoms with Crippen LogP contribution in [0.3, 0.4) is 0 Å². The predicted molar refractivity (Wildman–Crippen MR) is 109 cm³/mol. The van der Waals surface area contributed by atoms with Gasteiger partial charge in [0.2, 0.25) is 0 Å². The van der Waals surface area contributed by atoms with E-state index in [0.29, 0.717) is 11.3 Å². The minimum atomic E-state index is -3.70. The number of carbonyl (C=O) groups is 1. The van der Waals surface area contributed by atoms with Crippen molar-refractivity contribution in [1.82, 2.24) is 5.32 Å². The van der Waals surface area contributed by atoms with Crippen LogP contribution in [0.2, 0.25) is 0 Å². The molecule has 0 unspecified atom stereocenters. The summed E-state index contributed by atoms with van der Waals surface area (Å²) >= 11 is 0. The molecule has 0 saturated heterocycles. The number of amides is 1. The Balaban J connectivity index is 2.11. The van der Waals surface area contributed by atoms with Crippen molar-refractivity contribution in [1.29, 1.82) is 0 Å². The lowest BCUT2D eigenvalue weighted by molar-refractivity contribution is 0.0891. The van der Waals surface area contributed by atoms with Gasteiger partial charge < -0.3 is 5.32 Å². The van der Waals surface area contributed by atoms with Crippen LogP contribution in [0.4, 0.5) is 5.69 Å². The zero-order chi connectivity index (χ0) is 20.3. The maximum Gasteiger partial charge on any atom is 0.261 e. The van der Waals surface area contributed by atoms with Crippen LogP contribution in [0.5, 0.6) is 0 Å². The lowest BCUT2D eigenvalue weighted by Gasteiger charge is -2.33. The van der Waals surface area contributed by atoms with E-state index in [1.807, 2.05) is 19.9 Å². The monoisotopic (exact) mass is 388 g/mol. The molecule has 6 heteroatoms. The molecule has 146 valence electrons. The number of sulfonamides is 1. The first kappa shape index (κ1) is 21.0. The summed E-state index contributed by atoms with van der Waals surface area (Å²) in [7, 11) is -3.70. The van der Waals surface area contributed by atoms with E-state index in [2.05, 4.69) is 30.8 Å². The molecule has 0 aliphatic heterocycles. The van der Waals surface area contributed by atoms with Crippen LogP contribution < -0.4 is 10.0 Å². The molecule has 2 aromatic carbocycles. The van der Waals surface area contributed by atoms with Crippen LogP contribution in [0.25, 0.3) is 0 Å². The van der Waals surface area contributed by atoms with Gasteiger partial charge in [-0.05, 0) is 62.1 Å². The fourth-order valence-electron chi connectivity index (χ4n) is 3.26. The second-order valence-corrected chi connectivity index (χ2v) is 10.3. The van der Waals surface area contributed by atoms with Crippen molar-refractivity contribution >= 4 is 21.6 Å². The summed E-state index contributed by atoms with van der Waals surface area (Å²) in [6.07, 6.45) is 0.819. The van der Waals surface area contributed by atoms with E-state index >= 15 is 0 Å². The molecular weight excluding hydrogens is 360 g/mol. The van der Waals surface area contributed by atoms with Gasteiger partial charge >= 0.3 is 0 Å². The highest BCUT2D eigenvalue weighted by molar-refractivity contribution is 7.92. The number of hydrogen-bond donors (Lipinski definition) is 2. The molecule has 0 heterocycles. The van der Waals surface area contributed by atoms with Gasteiger partial charge in [-0.15, -0.1) is 0 Å². The van der Waals surface area contributed by atoms with E-state index < -0.39 is 10.0 Å². The summed E-state index contributed by atoms with van der Waals surface area (Å²) in [6, 6.07) is 14.6. The van der Waals surface area contributed by atoms with E-state index in [1.165, 1.54) is 24.3 Å². The molecule has 0 saturated carbocycles. The van der Waals surface area contributed by atoms with Gasteiger partial charge in [-0.1, -0.05) is 39.0 Å². The molecule has 0 aliphatic rings. The molecule has 0 spiro atoms. The molecule has 0 fully saturated rings. The minimum Gasteiger partial charge on any atom is -0.347 e. The van der Waals surface area contributed by atoms with Gasteiger partial charge in [0.05, 0.1) is 4.90 Å². The number of nitrogens with one attached hydrogen (secondary N) is 2. The van der Waals surface area contributed by atoms with Crippen molar-refractivity contribution in [2.24, 2.45) is 5.41 Å². The number of hydrogen-bond acceptors (Lipinski definition) is 3. The van der Waals surface area contributed by atoms with Crippen LogP contribution in [-0.4, -0.2) is 19.9 Å². The van der Waals surface area contributed by atoms with Crippen molar-refractivity contribution < 1.29 is 13.2 Å². The van der Waals surface area contributed by atoms with Gasteiger partial charge in [-0.2, -0.15) is 0 Å². The van der Waals surface area contributed by atoms with Gasteiger partial charge in [0.25, 0.3) is 15.9 Å². The van der Waals surface area contributed by atoms with Gasteiger partial charge in [0, 0.05) is 16.8 Å². The SMILES string of the molecule is CC(C)(C)CC(C)(C)NC(=O)c1ccc(S(=O)(=O)Nc2ccccc2)cc1. The summed E-state index contributed by atoms with van der Waals surface area (Å²) in [5.41, 5.74) is 0.631. The molecule has 2 N–H and O–H groups in total. The summed E-state index contributed by atoms with van der Waals surface area (Å²) in [6.45, 7) is 10.3. The average molecular weight is 389 g/mol. The molecule has 0 atom stereocenters. The first-order chi connectivity index (χ1) is 12.4. The van der Waals surface area contributed by atoms with E-state index in [1.54, 1.807) is 24.3 Å². The summed E-state index contributed by atoms with van der Waals surface area (Å²) in [5.74, 6) is -0.218. The Kier molecular flexibility index (Phi) is 6.00. The maximum absolute atomic E-state index is 12.5. The van der Waals surface area contributed by atoms with E-state index in [0.717, 1.165) is 6.42 Å². The van der Waals surface area contributed by atoms with E-state index in [4.69, 9.17) is 0 Å². The molecule has 0 aliphatic carbocycles. The zero-order valence-corrected chi connectivity index (χ0v) is 17.4. The number of rotatable bonds is 6. The van der Waals surface area contributed by atoms with Crippen LogP contribution in [0.15, 0.2) is 59.5 Å². The fraction of sp³-hybridized carbons (Fsp3) is 0.381. The zero-order valence-electron chi connectivity index (χ0n) is 16.5. The van der Waals surface area contributed by atoms with Crippen molar-refractivity contribution in [3.05, 3.63) is 60.2 Å². The third-order valence-corrected chi connectivity index (χ3v) is 5.27. The minimum absolute atomic E-state index is 0.0812. The van der Waals surface area contributed by atoms with E-state index in [9.17, 15) is 13.2 Å². The second kappa shape index (κ2) is 7.72. The highest BCUT2D eigenvalue weighted by atomic mass is 32.2. The lowest BCUT2D eigenvalue weighted by Crippen LogP contribution is -2.45. The van der Waals surface area contributed by atoms with Crippen LogP contribution in [0.1, 0.15) is 51.4 Å². The predicted octanol–water partition coefficient (Wildman–Crippen LogP) is 4.43. The molecule has 0 bridgehead atoms. The van der Waals surface area contributed by atoms with Crippen LogP contribution in [-0.2, 0) is 10.0 Å². The largest absolute Gasteiger partial charge is 0.347 e. The third-order valence-electron chi connectivity index (χ3n) is 3.88. The first-order valence-corrected chi connectivity index (χ1v) is 10.4. The molecule has 2 aromatic rings. The Bertz CT molecular complexity index is 881. The highest BCUT2D eigenvalue weighted by Crippen LogP contribution is 2.27. The van der Waals surface area contributed by atoms with Gasteiger partial charge in [0.1, 0.15) is 0 Å². The first-order valence-electron chi connectivity index (χ1n) is 8.88. The summed E-state index contributed by atoms with van der Waals surface area (Å²) < 4.78 is 27.4. The van der Waals surface area contributed by atoms with Crippen molar-refractivity contribution in [3.63, 3.8) is 0 Å². The third kappa shape index (κ3) is 6.40. The normalized spacial score (nSPS) is 12.5. The Morgan fingerprint density at radius 3 is 1.96 bits per heavy atom. The van der Waals surface area contributed by atoms with Crippen molar-refractivity contribution in [2.75, 3.05) is 4.72 Å². The summed E-state index contributed by atoms with van der Waals surface area (Å²) in [5, 5.41) is 3.02. The molecule has 27 heavy (non-hydrogen) atoms. The molecule has 5 nitrogen and oxygen atoms in total. The average Bonchev–Trinajstić information content (AvgIpc) is 2.52. The topological polar surface area (TPSA) is 75.3 Å². The Morgan fingerprint density at radius 1 is 0.889 bits per heavy atom. The molecule has 0 aromatic heterocycles. The van der Waals surface area contributed by atoms with Crippen LogP contribution >= 0.6 is 0 Å². The number of carbonyl (C=O) groups excluding carboxylic acids is 1. The van der Waals surface area contributed by atoms with E-state index in [-0.39, 0.29) is 21.8 Å². The maximum atomic E-state index is 12.5. The van der Waals surface area contributed by atoms with Crippen LogP contribution in [0, 0.1) is 5.41 Å². The quantitative estimate of drug-likeness (QED) is 0.768. The Hall–Kier alpha value is -2.34. The van der Waals surface area contributed by atoms with Gasteiger partial charge in [0.15, 0.2) is 0 Å². The molecule has 2 rings (SSSR count). The Morgan fingerprint density at radius 2 is 1.44 bits per heavy atom. The molecule has 1 amide bonds.